The topological polar surface area (TPSA) is 3.24 Å². The second kappa shape index (κ2) is 7.63. The fourth-order valence-corrected chi connectivity index (χ4v) is 5.10. The molecule has 1 aliphatic carbocycles. The number of anilines is 2. The quantitative estimate of drug-likeness (QED) is 0.313. The van der Waals surface area contributed by atoms with E-state index in [1.54, 1.807) is 0 Å². The molecule has 5 rings (SSSR count). The molecular formula is C32H33N. The van der Waals surface area contributed by atoms with Crippen LogP contribution in [0.5, 0.6) is 0 Å². The van der Waals surface area contributed by atoms with Gasteiger partial charge in [0.05, 0.1) is 0 Å². The van der Waals surface area contributed by atoms with E-state index in [0.717, 1.165) is 0 Å². The molecule has 0 aromatic heterocycles. The molecule has 1 nitrogen and oxygen atoms in total. The first-order chi connectivity index (χ1) is 15.7. The van der Waals surface area contributed by atoms with Crippen LogP contribution in [0.3, 0.4) is 0 Å². The SMILES string of the molecule is CN(c1ccc(-c2ccc3c(c2)C(C)(C)c2ccccc2-3)cc1)c1ccc(C(C)(C)C)cc1. The standard InChI is InChI=1S/C32H33N/c1-31(2,3)24-14-18-26(19-15-24)33(6)25-16-11-22(12-17-25)23-13-20-28-27-9-7-8-10-29(27)32(4,5)30(28)21-23/h7-21H,1-6H3. The van der Waals surface area contributed by atoms with Gasteiger partial charge >= 0.3 is 0 Å². The molecule has 0 unspecified atom stereocenters. The molecule has 1 aliphatic rings. The van der Waals surface area contributed by atoms with Crippen LogP contribution in [0.25, 0.3) is 22.3 Å². The molecule has 0 radical (unpaired) electrons. The molecule has 0 aliphatic heterocycles. The van der Waals surface area contributed by atoms with E-state index in [1.165, 1.54) is 50.3 Å². The van der Waals surface area contributed by atoms with Crippen molar-refractivity contribution in [3.63, 3.8) is 0 Å². The van der Waals surface area contributed by atoms with Crippen LogP contribution in [0.15, 0.2) is 91.0 Å². The molecule has 0 atom stereocenters. The van der Waals surface area contributed by atoms with Crippen LogP contribution in [0.2, 0.25) is 0 Å². The van der Waals surface area contributed by atoms with Gasteiger partial charge in [-0.3, -0.25) is 0 Å². The van der Waals surface area contributed by atoms with Gasteiger partial charge in [0.1, 0.15) is 0 Å². The predicted molar refractivity (Wildman–Crippen MR) is 143 cm³/mol. The average Bonchev–Trinajstić information content (AvgIpc) is 3.05. The highest BCUT2D eigenvalue weighted by Gasteiger charge is 2.35. The van der Waals surface area contributed by atoms with Crippen LogP contribution in [0.4, 0.5) is 11.4 Å². The molecule has 0 saturated carbocycles. The third-order valence-corrected chi connectivity index (χ3v) is 7.29. The van der Waals surface area contributed by atoms with Crippen molar-refractivity contribution in [1.29, 1.82) is 0 Å². The van der Waals surface area contributed by atoms with Gasteiger partial charge in [0.2, 0.25) is 0 Å². The minimum atomic E-state index is 0.0291. The smallest absolute Gasteiger partial charge is 0.0408 e. The molecule has 0 amide bonds. The summed E-state index contributed by atoms with van der Waals surface area (Å²) < 4.78 is 0. The highest BCUT2D eigenvalue weighted by Crippen LogP contribution is 2.49. The van der Waals surface area contributed by atoms with E-state index in [4.69, 9.17) is 0 Å². The third-order valence-electron chi connectivity index (χ3n) is 7.29. The van der Waals surface area contributed by atoms with Gasteiger partial charge in [-0.1, -0.05) is 95.3 Å². The molecule has 4 aromatic rings. The van der Waals surface area contributed by atoms with Crippen molar-refractivity contribution in [3.8, 4) is 22.3 Å². The lowest BCUT2D eigenvalue weighted by Gasteiger charge is -2.23. The first kappa shape index (κ1) is 21.5. The van der Waals surface area contributed by atoms with Crippen LogP contribution in [-0.4, -0.2) is 7.05 Å². The van der Waals surface area contributed by atoms with Crippen LogP contribution < -0.4 is 4.90 Å². The Morgan fingerprint density at radius 3 is 1.79 bits per heavy atom. The van der Waals surface area contributed by atoms with Gasteiger partial charge in [-0.15, -0.1) is 0 Å². The zero-order valence-electron chi connectivity index (χ0n) is 20.6. The molecule has 0 bridgehead atoms. The Kier molecular flexibility index (Phi) is 4.97. The summed E-state index contributed by atoms with van der Waals surface area (Å²) in [6.45, 7) is 11.4. The van der Waals surface area contributed by atoms with Crippen molar-refractivity contribution < 1.29 is 0 Å². The molecular weight excluding hydrogens is 398 g/mol. The minimum Gasteiger partial charge on any atom is -0.345 e. The van der Waals surface area contributed by atoms with Gasteiger partial charge in [-0.25, -0.2) is 0 Å². The predicted octanol–water partition coefficient (Wildman–Crippen LogP) is 8.73. The van der Waals surface area contributed by atoms with E-state index < -0.39 is 0 Å². The fraction of sp³-hybridized carbons (Fsp3) is 0.250. The van der Waals surface area contributed by atoms with Gasteiger partial charge < -0.3 is 4.90 Å². The molecule has 0 N–H and O–H groups in total. The van der Waals surface area contributed by atoms with Crippen molar-refractivity contribution in [3.05, 3.63) is 108 Å². The van der Waals surface area contributed by atoms with E-state index in [0.29, 0.717) is 0 Å². The summed E-state index contributed by atoms with van der Waals surface area (Å²) in [5.74, 6) is 0. The number of hydrogen-bond donors (Lipinski definition) is 0. The summed E-state index contributed by atoms with van der Waals surface area (Å²) in [6.07, 6.45) is 0. The molecule has 1 heteroatoms. The summed E-state index contributed by atoms with van der Waals surface area (Å²) >= 11 is 0. The Morgan fingerprint density at radius 1 is 0.606 bits per heavy atom. The number of rotatable bonds is 3. The van der Waals surface area contributed by atoms with Gasteiger partial charge in [0, 0.05) is 23.8 Å². The van der Waals surface area contributed by atoms with Crippen molar-refractivity contribution >= 4 is 11.4 Å². The maximum atomic E-state index is 2.39. The summed E-state index contributed by atoms with van der Waals surface area (Å²) in [6, 6.07) is 33.6. The van der Waals surface area contributed by atoms with Gasteiger partial charge in [-0.2, -0.15) is 0 Å². The van der Waals surface area contributed by atoms with E-state index in [-0.39, 0.29) is 10.8 Å². The summed E-state index contributed by atoms with van der Waals surface area (Å²) in [4.78, 5) is 2.25. The van der Waals surface area contributed by atoms with Crippen molar-refractivity contribution in [1.82, 2.24) is 0 Å². The molecule has 0 heterocycles. The van der Waals surface area contributed by atoms with Gasteiger partial charge in [-0.05, 0) is 74.7 Å². The lowest BCUT2D eigenvalue weighted by molar-refractivity contribution is 0.590. The number of benzene rings is 4. The molecule has 166 valence electrons. The highest BCUT2D eigenvalue weighted by atomic mass is 15.1. The van der Waals surface area contributed by atoms with Crippen LogP contribution in [0.1, 0.15) is 51.3 Å². The average molecular weight is 432 g/mol. The maximum absolute atomic E-state index is 2.39. The molecule has 0 spiro atoms. The minimum absolute atomic E-state index is 0.0291. The van der Waals surface area contributed by atoms with E-state index in [9.17, 15) is 0 Å². The Hall–Kier alpha value is -3.32. The van der Waals surface area contributed by atoms with Crippen LogP contribution >= 0.6 is 0 Å². The van der Waals surface area contributed by atoms with Crippen LogP contribution in [0, 0.1) is 0 Å². The molecule has 4 aromatic carbocycles. The number of fused-ring (bicyclic) bond motifs is 3. The first-order valence-corrected chi connectivity index (χ1v) is 11.9. The van der Waals surface area contributed by atoms with E-state index in [2.05, 4.69) is 138 Å². The summed E-state index contributed by atoms with van der Waals surface area (Å²) in [5.41, 5.74) is 12.1. The second-order valence-electron chi connectivity index (χ2n) is 10.8. The largest absolute Gasteiger partial charge is 0.345 e. The van der Waals surface area contributed by atoms with E-state index in [1.807, 2.05) is 0 Å². The van der Waals surface area contributed by atoms with E-state index >= 15 is 0 Å². The zero-order chi connectivity index (χ0) is 23.4. The van der Waals surface area contributed by atoms with Crippen molar-refractivity contribution in [2.24, 2.45) is 0 Å². The van der Waals surface area contributed by atoms with Gasteiger partial charge in [0.15, 0.2) is 0 Å². The monoisotopic (exact) mass is 431 g/mol. The Labute approximate surface area is 198 Å². The Bertz CT molecular complexity index is 1300. The summed E-state index contributed by atoms with van der Waals surface area (Å²) in [7, 11) is 2.14. The summed E-state index contributed by atoms with van der Waals surface area (Å²) in [5, 5.41) is 0. The Balaban J connectivity index is 1.42. The Morgan fingerprint density at radius 2 is 1.15 bits per heavy atom. The normalized spacial score (nSPS) is 14.0. The first-order valence-electron chi connectivity index (χ1n) is 11.9. The third kappa shape index (κ3) is 3.66. The lowest BCUT2D eigenvalue weighted by atomic mass is 9.81. The van der Waals surface area contributed by atoms with Crippen molar-refractivity contribution in [2.75, 3.05) is 11.9 Å². The number of hydrogen-bond acceptors (Lipinski definition) is 1. The molecule has 0 saturated heterocycles. The maximum Gasteiger partial charge on any atom is 0.0408 e. The zero-order valence-corrected chi connectivity index (χ0v) is 20.6. The fourth-order valence-electron chi connectivity index (χ4n) is 5.10. The van der Waals surface area contributed by atoms with Crippen molar-refractivity contribution in [2.45, 2.75) is 45.4 Å². The van der Waals surface area contributed by atoms with Crippen LogP contribution in [-0.2, 0) is 10.8 Å². The molecule has 0 fully saturated rings. The highest BCUT2D eigenvalue weighted by molar-refractivity contribution is 5.83. The second-order valence-corrected chi connectivity index (χ2v) is 10.8. The molecule has 33 heavy (non-hydrogen) atoms. The lowest BCUT2D eigenvalue weighted by Crippen LogP contribution is -2.14. The number of nitrogens with zero attached hydrogens (tertiary/aromatic N) is 1. The van der Waals surface area contributed by atoms with Gasteiger partial charge in [0.25, 0.3) is 0 Å².